The Kier molecular flexibility index (Phi) is 5.40. The fourth-order valence-corrected chi connectivity index (χ4v) is 2.40. The highest BCUT2D eigenvalue weighted by Gasteiger charge is 2.15. The molecule has 1 N–H and O–H groups in total. The Morgan fingerprint density at radius 1 is 1.50 bits per heavy atom. The lowest BCUT2D eigenvalue weighted by Gasteiger charge is -2.22. The molecule has 0 bridgehead atoms. The minimum absolute atomic E-state index is 0.0801. The summed E-state index contributed by atoms with van der Waals surface area (Å²) in [4.78, 5) is 13.7. The van der Waals surface area contributed by atoms with Crippen LogP contribution in [-0.4, -0.2) is 46.5 Å². The van der Waals surface area contributed by atoms with Crippen LogP contribution in [0.4, 0.5) is 10.5 Å². The van der Waals surface area contributed by atoms with E-state index in [9.17, 15) is 4.79 Å². The Bertz CT molecular complexity index is 423. The fourth-order valence-electron chi connectivity index (χ4n) is 2.40. The van der Waals surface area contributed by atoms with Crippen molar-refractivity contribution in [3.63, 3.8) is 0 Å². The number of carbonyl (C=O) groups excluding carboxylic acids is 1. The smallest absolute Gasteiger partial charge is 0.321 e. The lowest BCUT2D eigenvalue weighted by Crippen LogP contribution is -2.34. The number of nitrogens with one attached hydrogen (secondary N) is 1. The molecule has 0 saturated carbocycles. The molecule has 20 heavy (non-hydrogen) atoms. The molecular weight excluding hydrogens is 256 g/mol. The standard InChI is InChI=1S/C14H24N4O2/c1-3-17(4-2)14(19)16-12-9-15-18(10-12)11-13-7-5-6-8-20-13/h9-10,13H,3-8,11H2,1-2H3,(H,16,19). The number of rotatable bonds is 5. The zero-order valence-corrected chi connectivity index (χ0v) is 12.3. The highest BCUT2D eigenvalue weighted by Crippen LogP contribution is 2.15. The number of hydrogen-bond acceptors (Lipinski definition) is 3. The largest absolute Gasteiger partial charge is 0.376 e. The summed E-state index contributed by atoms with van der Waals surface area (Å²) in [5.74, 6) is 0. The highest BCUT2D eigenvalue weighted by molar-refractivity contribution is 5.88. The predicted octanol–water partition coefficient (Wildman–Crippen LogP) is 2.33. The third-order valence-electron chi connectivity index (χ3n) is 3.60. The van der Waals surface area contributed by atoms with E-state index in [0.717, 1.165) is 31.7 Å². The van der Waals surface area contributed by atoms with Crippen molar-refractivity contribution in [1.29, 1.82) is 0 Å². The first kappa shape index (κ1) is 14.8. The molecule has 0 radical (unpaired) electrons. The zero-order valence-electron chi connectivity index (χ0n) is 12.3. The van der Waals surface area contributed by atoms with Crippen LogP contribution in [0, 0.1) is 0 Å². The Labute approximate surface area is 120 Å². The van der Waals surface area contributed by atoms with E-state index in [1.165, 1.54) is 6.42 Å². The maximum atomic E-state index is 11.9. The number of hydrogen-bond donors (Lipinski definition) is 1. The van der Waals surface area contributed by atoms with Crippen molar-refractivity contribution in [3.8, 4) is 0 Å². The molecule has 0 aliphatic carbocycles. The topological polar surface area (TPSA) is 59.4 Å². The minimum atomic E-state index is -0.0801. The van der Waals surface area contributed by atoms with E-state index in [1.54, 1.807) is 11.1 Å². The lowest BCUT2D eigenvalue weighted by molar-refractivity contribution is 0.00401. The summed E-state index contributed by atoms with van der Waals surface area (Å²) in [5, 5.41) is 7.14. The van der Waals surface area contributed by atoms with Crippen LogP contribution < -0.4 is 5.32 Å². The van der Waals surface area contributed by atoms with Crippen LogP contribution in [0.15, 0.2) is 12.4 Å². The van der Waals surface area contributed by atoms with Gasteiger partial charge in [0.1, 0.15) is 0 Å². The summed E-state index contributed by atoms with van der Waals surface area (Å²) in [6, 6.07) is -0.0801. The molecule has 6 heteroatoms. The van der Waals surface area contributed by atoms with Crippen LogP contribution in [0.2, 0.25) is 0 Å². The summed E-state index contributed by atoms with van der Waals surface area (Å²) in [6.45, 7) is 6.93. The van der Waals surface area contributed by atoms with Crippen molar-refractivity contribution in [1.82, 2.24) is 14.7 Å². The number of carbonyl (C=O) groups is 1. The van der Waals surface area contributed by atoms with E-state index < -0.39 is 0 Å². The molecule has 1 aliphatic rings. The van der Waals surface area contributed by atoms with E-state index >= 15 is 0 Å². The van der Waals surface area contributed by atoms with Gasteiger partial charge in [-0.1, -0.05) is 0 Å². The van der Waals surface area contributed by atoms with Gasteiger partial charge in [0.05, 0.1) is 24.5 Å². The van der Waals surface area contributed by atoms with Gasteiger partial charge in [-0.15, -0.1) is 0 Å². The van der Waals surface area contributed by atoms with Gasteiger partial charge in [0, 0.05) is 25.9 Å². The predicted molar refractivity (Wildman–Crippen MR) is 77.8 cm³/mol. The van der Waals surface area contributed by atoms with Crippen LogP contribution in [0.25, 0.3) is 0 Å². The molecule has 1 atom stereocenters. The van der Waals surface area contributed by atoms with Gasteiger partial charge in [-0.2, -0.15) is 5.10 Å². The SMILES string of the molecule is CCN(CC)C(=O)Nc1cnn(CC2CCCCO2)c1. The van der Waals surface area contributed by atoms with Crippen LogP contribution in [0.3, 0.4) is 0 Å². The average Bonchev–Trinajstić information content (AvgIpc) is 2.88. The number of aromatic nitrogens is 2. The normalized spacial score (nSPS) is 18.8. The minimum Gasteiger partial charge on any atom is -0.376 e. The van der Waals surface area contributed by atoms with Crippen LogP contribution in [0.1, 0.15) is 33.1 Å². The summed E-state index contributed by atoms with van der Waals surface area (Å²) in [7, 11) is 0. The van der Waals surface area contributed by atoms with Crippen molar-refractivity contribution in [3.05, 3.63) is 12.4 Å². The molecule has 0 spiro atoms. The molecule has 1 saturated heterocycles. The second kappa shape index (κ2) is 7.28. The Morgan fingerprint density at radius 3 is 2.95 bits per heavy atom. The molecule has 2 rings (SSSR count). The quantitative estimate of drug-likeness (QED) is 0.900. The molecular formula is C14H24N4O2. The number of nitrogens with zero attached hydrogens (tertiary/aromatic N) is 3. The molecule has 1 fully saturated rings. The van der Waals surface area contributed by atoms with Gasteiger partial charge >= 0.3 is 6.03 Å². The van der Waals surface area contributed by atoms with E-state index in [-0.39, 0.29) is 12.1 Å². The van der Waals surface area contributed by atoms with Gasteiger partial charge in [-0.3, -0.25) is 4.68 Å². The summed E-state index contributed by atoms with van der Waals surface area (Å²) in [5.41, 5.74) is 0.734. The third kappa shape index (κ3) is 3.96. The van der Waals surface area contributed by atoms with Crippen molar-refractivity contribution in [2.45, 2.75) is 45.8 Å². The van der Waals surface area contributed by atoms with Crippen molar-refractivity contribution in [2.24, 2.45) is 0 Å². The maximum Gasteiger partial charge on any atom is 0.321 e. The van der Waals surface area contributed by atoms with Crippen molar-refractivity contribution >= 4 is 11.7 Å². The van der Waals surface area contributed by atoms with Gasteiger partial charge in [0.2, 0.25) is 0 Å². The second-order valence-corrected chi connectivity index (χ2v) is 5.04. The number of ether oxygens (including phenoxy) is 1. The van der Waals surface area contributed by atoms with Crippen LogP contribution in [-0.2, 0) is 11.3 Å². The Balaban J connectivity index is 1.86. The van der Waals surface area contributed by atoms with Crippen LogP contribution >= 0.6 is 0 Å². The molecule has 1 aromatic heterocycles. The first-order valence-electron chi connectivity index (χ1n) is 7.43. The first-order valence-corrected chi connectivity index (χ1v) is 7.43. The van der Waals surface area contributed by atoms with Gasteiger partial charge in [-0.05, 0) is 33.1 Å². The van der Waals surface area contributed by atoms with E-state index in [2.05, 4.69) is 10.4 Å². The summed E-state index contributed by atoms with van der Waals surface area (Å²) < 4.78 is 7.53. The summed E-state index contributed by atoms with van der Waals surface area (Å²) >= 11 is 0. The van der Waals surface area contributed by atoms with Crippen molar-refractivity contribution in [2.75, 3.05) is 25.0 Å². The third-order valence-corrected chi connectivity index (χ3v) is 3.60. The number of urea groups is 1. The molecule has 1 aliphatic heterocycles. The van der Waals surface area contributed by atoms with Crippen molar-refractivity contribution < 1.29 is 9.53 Å². The molecule has 1 aromatic rings. The highest BCUT2D eigenvalue weighted by atomic mass is 16.5. The molecule has 1 unspecified atom stereocenters. The van der Waals surface area contributed by atoms with E-state index in [4.69, 9.17) is 4.74 Å². The molecule has 112 valence electrons. The summed E-state index contributed by atoms with van der Waals surface area (Å²) in [6.07, 6.45) is 7.25. The lowest BCUT2D eigenvalue weighted by atomic mass is 10.1. The Morgan fingerprint density at radius 2 is 2.30 bits per heavy atom. The number of anilines is 1. The second-order valence-electron chi connectivity index (χ2n) is 5.04. The Hall–Kier alpha value is -1.56. The van der Waals surface area contributed by atoms with Gasteiger partial charge in [0.15, 0.2) is 0 Å². The fraction of sp³-hybridized carbons (Fsp3) is 0.714. The maximum absolute atomic E-state index is 11.9. The van der Waals surface area contributed by atoms with Crippen LogP contribution in [0.5, 0.6) is 0 Å². The monoisotopic (exact) mass is 280 g/mol. The molecule has 6 nitrogen and oxygen atoms in total. The average molecular weight is 280 g/mol. The van der Waals surface area contributed by atoms with Gasteiger partial charge in [-0.25, -0.2) is 4.79 Å². The van der Waals surface area contributed by atoms with E-state index in [1.807, 2.05) is 24.7 Å². The van der Waals surface area contributed by atoms with Gasteiger partial charge < -0.3 is 15.0 Å². The molecule has 2 amide bonds. The van der Waals surface area contributed by atoms with Gasteiger partial charge in [0.25, 0.3) is 0 Å². The number of amides is 2. The first-order chi connectivity index (χ1) is 9.72. The zero-order chi connectivity index (χ0) is 14.4. The molecule has 2 heterocycles. The van der Waals surface area contributed by atoms with E-state index in [0.29, 0.717) is 13.1 Å². The molecule has 0 aromatic carbocycles.